The van der Waals surface area contributed by atoms with E-state index in [1.54, 1.807) is 32.4 Å². The van der Waals surface area contributed by atoms with Gasteiger partial charge in [-0.15, -0.1) is 0 Å². The molecule has 8 heteroatoms. The third-order valence-corrected chi connectivity index (χ3v) is 3.91. The molecule has 2 aromatic rings. The average molecular weight is 392 g/mol. The summed E-state index contributed by atoms with van der Waals surface area (Å²) < 4.78 is 34.5. The Balaban J connectivity index is 1.83. The van der Waals surface area contributed by atoms with Crippen LogP contribution in [0.4, 0.5) is 14.5 Å². The van der Waals surface area contributed by atoms with Crippen LogP contribution in [-0.2, 0) is 17.8 Å². The average Bonchev–Trinajstić information content (AvgIpc) is 2.70. The van der Waals surface area contributed by atoms with Crippen molar-refractivity contribution in [3.8, 4) is 5.75 Å². The second-order valence-corrected chi connectivity index (χ2v) is 5.88. The van der Waals surface area contributed by atoms with Crippen molar-refractivity contribution in [2.75, 3.05) is 32.6 Å². The van der Waals surface area contributed by atoms with Crippen molar-refractivity contribution in [3.05, 3.63) is 59.7 Å². The summed E-state index contributed by atoms with van der Waals surface area (Å²) in [6.07, 6.45) is 0. The van der Waals surface area contributed by atoms with Gasteiger partial charge in [-0.2, -0.15) is 8.78 Å². The Hall–Kier alpha value is -2.87. The molecule has 28 heavy (non-hydrogen) atoms. The number of methoxy groups -OCH3 is 1. The van der Waals surface area contributed by atoms with E-state index < -0.39 is 6.61 Å². The first-order valence-corrected chi connectivity index (χ1v) is 8.91. The van der Waals surface area contributed by atoms with Gasteiger partial charge in [0.15, 0.2) is 5.96 Å². The van der Waals surface area contributed by atoms with E-state index in [1.165, 1.54) is 6.07 Å². The van der Waals surface area contributed by atoms with Crippen molar-refractivity contribution >= 4 is 11.6 Å². The van der Waals surface area contributed by atoms with Crippen molar-refractivity contribution in [2.45, 2.75) is 19.7 Å². The van der Waals surface area contributed by atoms with Crippen molar-refractivity contribution < 1.29 is 18.3 Å². The van der Waals surface area contributed by atoms with Gasteiger partial charge in [-0.05, 0) is 23.8 Å². The summed E-state index contributed by atoms with van der Waals surface area (Å²) in [5.74, 6) is 0.714. The molecular weight excluding hydrogens is 366 g/mol. The summed E-state index contributed by atoms with van der Waals surface area (Å²) in [5.41, 5.74) is 2.73. The highest BCUT2D eigenvalue weighted by atomic mass is 19.3. The Kier molecular flexibility index (Phi) is 9.00. The largest absolute Gasteiger partial charge is 0.434 e. The quantitative estimate of drug-likeness (QED) is 0.329. The van der Waals surface area contributed by atoms with Crippen molar-refractivity contribution in [1.82, 2.24) is 10.6 Å². The summed E-state index contributed by atoms with van der Waals surface area (Å²) in [4.78, 5) is 4.16. The van der Waals surface area contributed by atoms with Crippen LogP contribution in [0.15, 0.2) is 53.5 Å². The number of nitrogens with zero attached hydrogens (tertiary/aromatic N) is 1. The highest BCUT2D eigenvalue weighted by Gasteiger charge is 2.09. The van der Waals surface area contributed by atoms with Gasteiger partial charge in [-0.1, -0.05) is 30.3 Å². The molecule has 0 aliphatic carbocycles. The molecule has 0 saturated heterocycles. The number of hydrogen-bond acceptors (Lipinski definition) is 4. The van der Waals surface area contributed by atoms with Crippen molar-refractivity contribution in [1.29, 1.82) is 0 Å². The van der Waals surface area contributed by atoms with Crippen LogP contribution in [0.2, 0.25) is 0 Å². The molecule has 0 aliphatic heterocycles. The van der Waals surface area contributed by atoms with Crippen LogP contribution in [-0.4, -0.2) is 39.9 Å². The molecule has 0 heterocycles. The molecule has 0 aromatic heterocycles. The number of guanidine groups is 1. The van der Waals surface area contributed by atoms with Crippen molar-refractivity contribution in [2.24, 2.45) is 4.99 Å². The molecule has 0 spiro atoms. The molecule has 0 aliphatic rings. The van der Waals surface area contributed by atoms with Crippen LogP contribution in [0.25, 0.3) is 0 Å². The molecule has 6 nitrogen and oxygen atoms in total. The molecule has 0 atom stereocenters. The highest BCUT2D eigenvalue weighted by molar-refractivity contribution is 5.79. The lowest BCUT2D eigenvalue weighted by molar-refractivity contribution is -0.0504. The van der Waals surface area contributed by atoms with E-state index in [1.807, 2.05) is 24.3 Å². The Bertz CT molecular complexity index is 739. The van der Waals surface area contributed by atoms with Crippen LogP contribution < -0.4 is 20.7 Å². The number of nitrogens with one attached hydrogen (secondary N) is 3. The van der Waals surface area contributed by atoms with E-state index in [0.717, 1.165) is 17.8 Å². The predicted octanol–water partition coefficient (Wildman–Crippen LogP) is 3.21. The number of ether oxygens (including phenoxy) is 2. The highest BCUT2D eigenvalue weighted by Crippen LogP contribution is 2.19. The fraction of sp³-hybridized carbons (Fsp3) is 0.350. The van der Waals surface area contributed by atoms with Crippen LogP contribution in [0.1, 0.15) is 11.1 Å². The lowest BCUT2D eigenvalue weighted by Crippen LogP contribution is -2.36. The first kappa shape index (κ1) is 21.4. The second kappa shape index (κ2) is 11.8. The molecule has 0 bridgehead atoms. The van der Waals surface area contributed by atoms with E-state index in [0.29, 0.717) is 31.2 Å². The number of anilines is 1. The molecule has 0 saturated carbocycles. The van der Waals surface area contributed by atoms with Gasteiger partial charge in [-0.3, -0.25) is 4.99 Å². The zero-order valence-electron chi connectivity index (χ0n) is 16.0. The Morgan fingerprint density at radius 2 is 1.75 bits per heavy atom. The monoisotopic (exact) mass is 392 g/mol. The zero-order valence-corrected chi connectivity index (χ0v) is 16.0. The number of rotatable bonds is 10. The number of benzene rings is 2. The number of hydrogen-bond donors (Lipinski definition) is 3. The smallest absolute Gasteiger partial charge is 0.387 e. The second-order valence-electron chi connectivity index (χ2n) is 5.88. The number of aliphatic imine (C=N–C) groups is 1. The maximum atomic E-state index is 12.5. The van der Waals surface area contributed by atoms with Crippen LogP contribution >= 0.6 is 0 Å². The SMILES string of the molecule is CN=C(NCc1ccc(NCCOC)cc1)NCc1ccccc1OC(F)F. The molecule has 0 amide bonds. The summed E-state index contributed by atoms with van der Waals surface area (Å²) in [5, 5.41) is 9.56. The van der Waals surface area contributed by atoms with Gasteiger partial charge >= 0.3 is 6.61 Å². The Morgan fingerprint density at radius 1 is 1.04 bits per heavy atom. The first-order chi connectivity index (χ1) is 13.6. The fourth-order valence-electron chi connectivity index (χ4n) is 2.48. The standard InChI is InChI=1S/C20H26F2N4O2/c1-23-20(26-14-16-5-3-4-6-18(16)28-19(21)22)25-13-15-7-9-17(10-8-15)24-11-12-27-2/h3-10,19,24H,11-14H2,1-2H3,(H2,23,25,26). The summed E-state index contributed by atoms with van der Waals surface area (Å²) in [6, 6.07) is 14.7. The van der Waals surface area contributed by atoms with Crippen LogP contribution in [0.3, 0.4) is 0 Å². The van der Waals surface area contributed by atoms with Crippen molar-refractivity contribution in [3.63, 3.8) is 0 Å². The van der Waals surface area contributed by atoms with E-state index >= 15 is 0 Å². The summed E-state index contributed by atoms with van der Waals surface area (Å²) in [7, 11) is 3.32. The Labute approximate surface area is 164 Å². The predicted molar refractivity (Wildman–Crippen MR) is 107 cm³/mol. The number of halogens is 2. The normalized spacial score (nSPS) is 11.4. The maximum absolute atomic E-state index is 12.5. The van der Waals surface area contributed by atoms with Gasteiger partial charge < -0.3 is 25.4 Å². The van der Waals surface area contributed by atoms with Gasteiger partial charge in [-0.25, -0.2) is 0 Å². The Morgan fingerprint density at radius 3 is 2.43 bits per heavy atom. The molecule has 0 fully saturated rings. The molecule has 2 rings (SSSR count). The van der Waals surface area contributed by atoms with Crippen LogP contribution in [0, 0.1) is 0 Å². The van der Waals surface area contributed by atoms with Gasteiger partial charge in [0.25, 0.3) is 0 Å². The topological polar surface area (TPSA) is 66.9 Å². The molecule has 3 N–H and O–H groups in total. The van der Waals surface area contributed by atoms with E-state index in [2.05, 4.69) is 25.7 Å². The molecule has 2 aromatic carbocycles. The van der Waals surface area contributed by atoms with E-state index in [-0.39, 0.29) is 5.75 Å². The molecular formula is C20H26F2N4O2. The zero-order chi connectivity index (χ0) is 20.2. The third kappa shape index (κ3) is 7.40. The van der Waals surface area contributed by atoms with Gasteiger partial charge in [0.2, 0.25) is 0 Å². The number of para-hydroxylation sites is 1. The third-order valence-electron chi connectivity index (χ3n) is 3.91. The minimum Gasteiger partial charge on any atom is -0.434 e. The lowest BCUT2D eigenvalue weighted by atomic mass is 10.2. The minimum atomic E-state index is -2.86. The minimum absolute atomic E-state index is 0.150. The first-order valence-electron chi connectivity index (χ1n) is 8.91. The molecule has 0 unspecified atom stereocenters. The maximum Gasteiger partial charge on any atom is 0.387 e. The summed E-state index contributed by atoms with van der Waals surface area (Å²) in [6.45, 7) is -0.568. The van der Waals surface area contributed by atoms with E-state index in [9.17, 15) is 8.78 Å². The number of alkyl halides is 2. The van der Waals surface area contributed by atoms with E-state index in [4.69, 9.17) is 4.74 Å². The van der Waals surface area contributed by atoms with Gasteiger partial charge in [0.05, 0.1) is 6.61 Å². The van der Waals surface area contributed by atoms with Gasteiger partial charge in [0.1, 0.15) is 5.75 Å². The summed E-state index contributed by atoms with van der Waals surface area (Å²) >= 11 is 0. The molecule has 152 valence electrons. The fourth-order valence-corrected chi connectivity index (χ4v) is 2.48. The van der Waals surface area contributed by atoms with Gasteiger partial charge in [0, 0.05) is 45.0 Å². The van der Waals surface area contributed by atoms with Crippen LogP contribution in [0.5, 0.6) is 5.75 Å². The molecule has 0 radical (unpaired) electrons. The lowest BCUT2D eigenvalue weighted by Gasteiger charge is -2.15.